The van der Waals surface area contributed by atoms with E-state index in [1.54, 1.807) is 11.6 Å². The molecule has 2 aromatic heterocycles. The molecule has 0 aliphatic carbocycles. The second-order valence-electron chi connectivity index (χ2n) is 8.35. The first-order valence-electron chi connectivity index (χ1n) is 11.0. The molecule has 2 heterocycles. The molecule has 2 aromatic carbocycles. The van der Waals surface area contributed by atoms with E-state index in [2.05, 4.69) is 40.8 Å². The standard InChI is InChI=1S/C25H27BrN4O3/c1-5-8-16(2)18-10-7-12-20(14-18)33-24-27-22-21(23(31)29(4)25(32)28(22)3)30(24)15-17-9-6-11-19(26)13-17/h6-7,9-14,16H,5,8,15H2,1-4H3. The van der Waals surface area contributed by atoms with Crippen molar-refractivity contribution in [3.05, 3.63) is 85.0 Å². The Kier molecular flexibility index (Phi) is 6.56. The van der Waals surface area contributed by atoms with Gasteiger partial charge in [-0.1, -0.05) is 60.5 Å². The zero-order valence-electron chi connectivity index (χ0n) is 19.2. The van der Waals surface area contributed by atoms with Crippen LogP contribution in [0.1, 0.15) is 43.7 Å². The molecule has 1 atom stereocenters. The van der Waals surface area contributed by atoms with Crippen molar-refractivity contribution >= 4 is 27.1 Å². The van der Waals surface area contributed by atoms with Gasteiger partial charge in [0.15, 0.2) is 11.2 Å². The average Bonchev–Trinajstić information content (AvgIpc) is 3.14. The van der Waals surface area contributed by atoms with E-state index in [9.17, 15) is 9.59 Å². The summed E-state index contributed by atoms with van der Waals surface area (Å²) in [6.07, 6.45) is 2.19. The quantitative estimate of drug-likeness (QED) is 0.353. The van der Waals surface area contributed by atoms with E-state index in [4.69, 9.17) is 4.74 Å². The van der Waals surface area contributed by atoms with E-state index in [0.29, 0.717) is 29.4 Å². The number of benzene rings is 2. The second-order valence-corrected chi connectivity index (χ2v) is 9.27. The Morgan fingerprint density at radius 3 is 2.55 bits per heavy atom. The van der Waals surface area contributed by atoms with Crippen LogP contribution >= 0.6 is 15.9 Å². The zero-order chi connectivity index (χ0) is 23.7. The number of hydrogen-bond donors (Lipinski definition) is 0. The van der Waals surface area contributed by atoms with Gasteiger partial charge in [-0.2, -0.15) is 4.98 Å². The van der Waals surface area contributed by atoms with E-state index in [1.807, 2.05) is 42.5 Å². The fourth-order valence-corrected chi connectivity index (χ4v) is 4.51. The van der Waals surface area contributed by atoms with Gasteiger partial charge in [-0.3, -0.25) is 18.5 Å². The topological polar surface area (TPSA) is 71.1 Å². The van der Waals surface area contributed by atoms with Gasteiger partial charge >= 0.3 is 11.7 Å². The first-order valence-corrected chi connectivity index (χ1v) is 11.8. The normalized spacial score (nSPS) is 12.3. The molecule has 0 radical (unpaired) electrons. The molecule has 0 amide bonds. The number of ether oxygens (including phenoxy) is 1. The second kappa shape index (κ2) is 9.39. The number of aryl methyl sites for hydroxylation is 1. The predicted octanol–water partition coefficient (Wildman–Crippen LogP) is 4.94. The van der Waals surface area contributed by atoms with Crippen molar-refractivity contribution in [3.8, 4) is 11.8 Å². The third kappa shape index (κ3) is 4.53. The molecule has 7 nitrogen and oxygen atoms in total. The van der Waals surface area contributed by atoms with E-state index in [0.717, 1.165) is 27.4 Å². The van der Waals surface area contributed by atoms with Crippen LogP contribution in [0, 0.1) is 0 Å². The lowest BCUT2D eigenvalue weighted by atomic mass is 9.96. The summed E-state index contributed by atoms with van der Waals surface area (Å²) < 4.78 is 11.4. The third-order valence-electron chi connectivity index (χ3n) is 5.90. The fourth-order valence-electron chi connectivity index (χ4n) is 4.06. The lowest BCUT2D eigenvalue weighted by Gasteiger charge is -2.13. The molecule has 0 fully saturated rings. The summed E-state index contributed by atoms with van der Waals surface area (Å²) in [6, 6.07) is 16.1. The molecule has 0 saturated carbocycles. The van der Waals surface area contributed by atoms with Crippen LogP contribution in [0.15, 0.2) is 62.6 Å². The van der Waals surface area contributed by atoms with Gasteiger partial charge in [-0.05, 0) is 47.7 Å². The molecule has 172 valence electrons. The Bertz CT molecular complexity index is 1430. The maximum atomic E-state index is 13.1. The largest absolute Gasteiger partial charge is 0.425 e. The number of hydrogen-bond acceptors (Lipinski definition) is 4. The Balaban J connectivity index is 1.86. The lowest BCUT2D eigenvalue weighted by molar-refractivity contribution is 0.420. The van der Waals surface area contributed by atoms with Crippen molar-refractivity contribution in [2.24, 2.45) is 14.1 Å². The summed E-state index contributed by atoms with van der Waals surface area (Å²) in [5.41, 5.74) is 1.94. The van der Waals surface area contributed by atoms with Gasteiger partial charge < -0.3 is 4.74 Å². The summed E-state index contributed by atoms with van der Waals surface area (Å²) in [6.45, 7) is 4.74. The first-order chi connectivity index (χ1) is 15.8. The molecule has 4 aromatic rings. The van der Waals surface area contributed by atoms with Crippen LogP contribution in [0.4, 0.5) is 0 Å². The summed E-state index contributed by atoms with van der Waals surface area (Å²) >= 11 is 3.50. The summed E-state index contributed by atoms with van der Waals surface area (Å²) in [4.78, 5) is 30.2. The molecule has 0 N–H and O–H groups in total. The van der Waals surface area contributed by atoms with E-state index < -0.39 is 11.2 Å². The number of fused-ring (bicyclic) bond motifs is 1. The van der Waals surface area contributed by atoms with Gasteiger partial charge in [0, 0.05) is 18.6 Å². The van der Waals surface area contributed by atoms with Crippen LogP contribution < -0.4 is 16.0 Å². The number of aromatic nitrogens is 4. The van der Waals surface area contributed by atoms with Gasteiger partial charge in [0.1, 0.15) is 5.75 Å². The molecule has 0 saturated heterocycles. The van der Waals surface area contributed by atoms with E-state index in [-0.39, 0.29) is 6.01 Å². The zero-order valence-corrected chi connectivity index (χ0v) is 20.8. The van der Waals surface area contributed by atoms with Crippen molar-refractivity contribution in [1.29, 1.82) is 0 Å². The molecule has 33 heavy (non-hydrogen) atoms. The van der Waals surface area contributed by atoms with E-state index >= 15 is 0 Å². The molecule has 0 bridgehead atoms. The highest BCUT2D eigenvalue weighted by Gasteiger charge is 2.21. The highest BCUT2D eigenvalue weighted by Crippen LogP contribution is 2.29. The average molecular weight is 511 g/mol. The number of halogens is 1. The van der Waals surface area contributed by atoms with Gasteiger partial charge in [0.2, 0.25) is 0 Å². The van der Waals surface area contributed by atoms with Crippen LogP contribution in [0.2, 0.25) is 0 Å². The van der Waals surface area contributed by atoms with Gasteiger partial charge in [0.05, 0.1) is 6.54 Å². The monoisotopic (exact) mass is 510 g/mol. The van der Waals surface area contributed by atoms with Crippen molar-refractivity contribution in [2.75, 3.05) is 0 Å². The smallest absolute Gasteiger partial charge is 0.332 e. The summed E-state index contributed by atoms with van der Waals surface area (Å²) in [5, 5.41) is 0. The number of nitrogens with zero attached hydrogens (tertiary/aromatic N) is 4. The minimum atomic E-state index is -0.429. The number of rotatable bonds is 7. The SMILES string of the molecule is CCCC(C)c1cccc(Oc2nc3c(c(=O)n(C)c(=O)n3C)n2Cc2cccc(Br)c2)c1. The maximum Gasteiger partial charge on any atom is 0.332 e. The van der Waals surface area contributed by atoms with E-state index in [1.165, 1.54) is 17.2 Å². The highest BCUT2D eigenvalue weighted by atomic mass is 79.9. The third-order valence-corrected chi connectivity index (χ3v) is 6.39. The Morgan fingerprint density at radius 1 is 1.06 bits per heavy atom. The Morgan fingerprint density at radius 2 is 1.82 bits per heavy atom. The number of imidazole rings is 1. The van der Waals surface area contributed by atoms with Gasteiger partial charge in [0.25, 0.3) is 5.56 Å². The molecule has 0 aliphatic rings. The Hall–Kier alpha value is -3.13. The van der Waals surface area contributed by atoms with Crippen LogP contribution in [-0.2, 0) is 20.6 Å². The molecule has 4 rings (SSSR count). The Labute approximate surface area is 200 Å². The van der Waals surface area contributed by atoms with Crippen LogP contribution in [0.3, 0.4) is 0 Å². The highest BCUT2D eigenvalue weighted by molar-refractivity contribution is 9.10. The van der Waals surface area contributed by atoms with Crippen molar-refractivity contribution in [1.82, 2.24) is 18.7 Å². The molecule has 0 aliphatic heterocycles. The molecule has 0 spiro atoms. The summed E-state index contributed by atoms with van der Waals surface area (Å²) in [5.74, 6) is 1.05. The predicted molar refractivity (Wildman–Crippen MR) is 133 cm³/mol. The van der Waals surface area contributed by atoms with Crippen LogP contribution in [-0.4, -0.2) is 18.7 Å². The van der Waals surface area contributed by atoms with Crippen molar-refractivity contribution in [2.45, 2.75) is 39.2 Å². The summed E-state index contributed by atoms with van der Waals surface area (Å²) in [7, 11) is 3.08. The molecular formula is C25H27BrN4O3. The first kappa shape index (κ1) is 23.0. The molecule has 8 heteroatoms. The minimum absolute atomic E-state index is 0.267. The molecule has 1 unspecified atom stereocenters. The maximum absolute atomic E-state index is 13.1. The minimum Gasteiger partial charge on any atom is -0.425 e. The van der Waals surface area contributed by atoms with Crippen molar-refractivity contribution in [3.63, 3.8) is 0 Å². The van der Waals surface area contributed by atoms with Gasteiger partial charge in [-0.15, -0.1) is 0 Å². The van der Waals surface area contributed by atoms with Gasteiger partial charge in [-0.25, -0.2) is 4.79 Å². The molecular weight excluding hydrogens is 484 g/mol. The van der Waals surface area contributed by atoms with Crippen molar-refractivity contribution < 1.29 is 4.74 Å². The fraction of sp³-hybridized carbons (Fsp3) is 0.320. The van der Waals surface area contributed by atoms with Crippen LogP contribution in [0.25, 0.3) is 11.2 Å². The lowest BCUT2D eigenvalue weighted by Crippen LogP contribution is -2.37. The van der Waals surface area contributed by atoms with Crippen LogP contribution in [0.5, 0.6) is 11.8 Å².